The fraction of sp³-hybridized carbons (Fsp3) is 0.0769. The summed E-state index contributed by atoms with van der Waals surface area (Å²) in [6.45, 7) is 3.90. The Morgan fingerprint density at radius 3 is 1.36 bits per heavy atom. The van der Waals surface area contributed by atoms with Crippen LogP contribution >= 0.6 is 0 Å². The van der Waals surface area contributed by atoms with Gasteiger partial charge in [0.25, 0.3) is 0 Å². The fourth-order valence-electron chi connectivity index (χ4n) is 2.68. The molecule has 0 atom stereocenters. The first-order chi connectivity index (χ1) is 15.5. The summed E-state index contributed by atoms with van der Waals surface area (Å²) in [5, 5.41) is 19.1. The molecule has 0 saturated carbocycles. The van der Waals surface area contributed by atoms with Crippen molar-refractivity contribution >= 4 is 24.1 Å². The Hall–Kier alpha value is -3.80. The maximum Gasteiger partial charge on any atom is 0.154 e. The van der Waals surface area contributed by atoms with E-state index in [1.165, 1.54) is 0 Å². The Bertz CT molecular complexity index is 1050. The van der Waals surface area contributed by atoms with Gasteiger partial charge < -0.3 is 10.2 Å². The van der Waals surface area contributed by atoms with E-state index in [0.29, 0.717) is 22.8 Å². The van der Waals surface area contributed by atoms with Gasteiger partial charge >= 0.3 is 0 Å². The second-order valence-electron chi connectivity index (χ2n) is 6.92. The molecule has 0 unspecified atom stereocenters. The van der Waals surface area contributed by atoms with Crippen LogP contribution in [0.5, 0.6) is 11.5 Å². The molecule has 2 N–H and O–H groups in total. The van der Waals surface area contributed by atoms with E-state index in [-0.39, 0.29) is 28.6 Å². The third-order valence-electron chi connectivity index (χ3n) is 4.49. The summed E-state index contributed by atoms with van der Waals surface area (Å²) in [4.78, 5) is 16.8. The van der Waals surface area contributed by atoms with E-state index in [4.69, 9.17) is 0 Å². The first-order valence-electron chi connectivity index (χ1n) is 10.0. The minimum Gasteiger partial charge on any atom is -0.507 e. The molecule has 4 aromatic rings. The van der Waals surface area contributed by atoms with E-state index in [2.05, 4.69) is 20.0 Å². The zero-order valence-corrected chi connectivity index (χ0v) is 19.2. The zero-order chi connectivity index (χ0) is 22.8. The molecular formula is C26H24CuN4O2. The summed E-state index contributed by atoms with van der Waals surface area (Å²) in [7, 11) is 0. The van der Waals surface area contributed by atoms with Crippen molar-refractivity contribution in [3.63, 3.8) is 0 Å². The topological polar surface area (TPSA) is 91.0 Å². The van der Waals surface area contributed by atoms with Gasteiger partial charge in [-0.3, -0.25) is 0 Å². The molecule has 0 fully saturated rings. The monoisotopic (exact) mass is 487 g/mol. The molecule has 0 spiro atoms. The largest absolute Gasteiger partial charge is 0.507 e. The van der Waals surface area contributed by atoms with Crippen molar-refractivity contribution in [2.24, 2.45) is 9.98 Å². The quantitative estimate of drug-likeness (QED) is 0.286. The summed E-state index contributed by atoms with van der Waals surface area (Å²) in [5.74, 6) is 1.79. The third-order valence-corrected chi connectivity index (χ3v) is 4.49. The smallest absolute Gasteiger partial charge is 0.154 e. The fourth-order valence-corrected chi connectivity index (χ4v) is 2.68. The Labute approximate surface area is 203 Å². The summed E-state index contributed by atoms with van der Waals surface area (Å²) in [6.07, 6.45) is 6.63. The van der Waals surface area contributed by atoms with Crippen LogP contribution < -0.4 is 0 Å². The number of aromatic nitrogens is 2. The Balaban J connectivity index is 0.000000227. The van der Waals surface area contributed by atoms with E-state index in [1.807, 2.05) is 50.2 Å². The van der Waals surface area contributed by atoms with E-state index < -0.39 is 0 Å². The van der Waals surface area contributed by atoms with Crippen LogP contribution in [-0.4, -0.2) is 32.6 Å². The molecule has 0 aliphatic rings. The van der Waals surface area contributed by atoms with Gasteiger partial charge in [-0.05, 0) is 61.4 Å². The molecule has 7 heteroatoms. The molecule has 0 aliphatic carbocycles. The van der Waals surface area contributed by atoms with Crippen molar-refractivity contribution in [2.75, 3.05) is 0 Å². The van der Waals surface area contributed by atoms with E-state index in [9.17, 15) is 10.2 Å². The molecule has 4 rings (SSSR count). The number of para-hydroxylation sites is 2. The van der Waals surface area contributed by atoms with Crippen LogP contribution in [0, 0.1) is 13.8 Å². The van der Waals surface area contributed by atoms with Gasteiger partial charge in [0.05, 0.1) is 0 Å². The van der Waals surface area contributed by atoms with Crippen molar-refractivity contribution < 1.29 is 27.3 Å². The second-order valence-corrected chi connectivity index (χ2v) is 6.92. The standard InChI is InChI=1S/2C13H12N2O.Cu/c2*1-10-5-4-8-14-13(10)15-9-11-6-2-3-7-12(11)16;/h2*2-9,16H,1H3;/b2*15-9+;. The molecule has 0 aliphatic heterocycles. The summed E-state index contributed by atoms with van der Waals surface area (Å²) in [6, 6.07) is 21.8. The first kappa shape index (κ1) is 25.5. The van der Waals surface area contributed by atoms with Crippen molar-refractivity contribution in [1.29, 1.82) is 0 Å². The van der Waals surface area contributed by atoms with Gasteiger partial charge in [0.2, 0.25) is 0 Å². The van der Waals surface area contributed by atoms with Crippen molar-refractivity contribution in [3.05, 3.63) is 107 Å². The molecule has 2 heterocycles. The molecular weight excluding hydrogens is 464 g/mol. The number of phenolic OH excluding ortho intramolecular Hbond substituents is 2. The number of aryl methyl sites for hydroxylation is 2. The minimum absolute atomic E-state index is 0. The molecule has 171 valence electrons. The molecule has 0 amide bonds. The number of nitrogens with zero attached hydrogens (tertiary/aromatic N) is 4. The van der Waals surface area contributed by atoms with Crippen LogP contribution in [0.2, 0.25) is 0 Å². The molecule has 2 aromatic heterocycles. The summed E-state index contributed by atoms with van der Waals surface area (Å²) in [5.41, 5.74) is 3.39. The number of aliphatic imine (C=N–C) groups is 2. The van der Waals surface area contributed by atoms with Crippen molar-refractivity contribution in [3.8, 4) is 11.5 Å². The SMILES string of the molecule is Cc1cccnc1/N=C/c1ccccc1O.Cc1cccnc1/N=C/c1ccccc1O.[Cu]. The maximum atomic E-state index is 9.55. The Morgan fingerprint density at radius 2 is 1.00 bits per heavy atom. The normalized spacial score (nSPS) is 10.5. The minimum atomic E-state index is 0. The first-order valence-corrected chi connectivity index (χ1v) is 10.0. The van der Waals surface area contributed by atoms with Gasteiger partial charge in [-0.2, -0.15) is 0 Å². The van der Waals surface area contributed by atoms with Crippen LogP contribution in [0.1, 0.15) is 22.3 Å². The number of hydrogen-bond donors (Lipinski definition) is 2. The molecule has 1 radical (unpaired) electrons. The van der Waals surface area contributed by atoms with Crippen LogP contribution in [0.4, 0.5) is 11.6 Å². The van der Waals surface area contributed by atoms with Gasteiger partial charge in [0.1, 0.15) is 11.5 Å². The predicted octanol–water partition coefficient (Wildman–Crippen LogP) is 5.69. The average Bonchev–Trinajstić information content (AvgIpc) is 2.80. The van der Waals surface area contributed by atoms with E-state index in [0.717, 1.165) is 11.1 Å². The molecule has 2 aromatic carbocycles. The van der Waals surface area contributed by atoms with Gasteiger partial charge in [-0.15, -0.1) is 0 Å². The number of rotatable bonds is 4. The predicted molar refractivity (Wildman–Crippen MR) is 129 cm³/mol. The molecule has 0 bridgehead atoms. The maximum absolute atomic E-state index is 9.55. The van der Waals surface area contributed by atoms with Crippen molar-refractivity contribution in [2.45, 2.75) is 13.8 Å². The van der Waals surface area contributed by atoms with Gasteiger partial charge in [0, 0.05) is 53.0 Å². The van der Waals surface area contributed by atoms with Gasteiger partial charge in [-0.1, -0.05) is 36.4 Å². The summed E-state index contributed by atoms with van der Waals surface area (Å²) >= 11 is 0. The van der Waals surface area contributed by atoms with Crippen LogP contribution in [-0.2, 0) is 17.1 Å². The van der Waals surface area contributed by atoms with E-state index in [1.54, 1.807) is 61.2 Å². The number of phenols is 2. The van der Waals surface area contributed by atoms with Crippen LogP contribution in [0.3, 0.4) is 0 Å². The van der Waals surface area contributed by atoms with Crippen LogP contribution in [0.15, 0.2) is 95.2 Å². The number of benzene rings is 2. The van der Waals surface area contributed by atoms with E-state index >= 15 is 0 Å². The zero-order valence-electron chi connectivity index (χ0n) is 18.2. The summed E-state index contributed by atoms with van der Waals surface area (Å²) < 4.78 is 0. The molecule has 6 nitrogen and oxygen atoms in total. The second kappa shape index (κ2) is 12.9. The average molecular weight is 488 g/mol. The number of aromatic hydroxyl groups is 2. The molecule has 33 heavy (non-hydrogen) atoms. The number of pyridine rings is 2. The van der Waals surface area contributed by atoms with Crippen LogP contribution in [0.25, 0.3) is 0 Å². The number of hydrogen-bond acceptors (Lipinski definition) is 6. The van der Waals surface area contributed by atoms with Gasteiger partial charge in [0.15, 0.2) is 11.6 Å². The molecule has 0 saturated heterocycles. The van der Waals surface area contributed by atoms with Crippen molar-refractivity contribution in [1.82, 2.24) is 9.97 Å². The third kappa shape index (κ3) is 7.68. The van der Waals surface area contributed by atoms with Gasteiger partial charge in [-0.25, -0.2) is 20.0 Å². The Morgan fingerprint density at radius 1 is 0.606 bits per heavy atom. The Kier molecular flexibility index (Phi) is 9.96.